The van der Waals surface area contributed by atoms with Gasteiger partial charge >= 0.3 is 0 Å². The molecular weight excluding hydrogens is 170 g/mol. The van der Waals surface area contributed by atoms with E-state index in [1.54, 1.807) is 0 Å². The van der Waals surface area contributed by atoms with Gasteiger partial charge in [-0.2, -0.15) is 0 Å². The molecule has 3 unspecified atom stereocenters. The molecule has 0 aliphatic heterocycles. The van der Waals surface area contributed by atoms with Gasteiger partial charge in [0.2, 0.25) is 0 Å². The summed E-state index contributed by atoms with van der Waals surface area (Å²) in [5, 5.41) is 0. The van der Waals surface area contributed by atoms with Crippen molar-refractivity contribution in [1.29, 1.82) is 0 Å². The molecule has 0 saturated heterocycles. The minimum absolute atomic E-state index is 0.248. The van der Waals surface area contributed by atoms with Crippen LogP contribution in [0.15, 0.2) is 0 Å². The molecule has 3 atom stereocenters. The van der Waals surface area contributed by atoms with Gasteiger partial charge in [-0.15, -0.1) is 0 Å². The molecule has 2 saturated carbocycles. The molecule has 2 aliphatic rings. The zero-order valence-corrected chi connectivity index (χ0v) is 9.76. The molecule has 0 aromatic carbocycles. The Labute approximate surface area is 88.4 Å². The maximum Gasteiger partial charge on any atom is 0.0185 e. The lowest BCUT2D eigenvalue weighted by Gasteiger charge is -2.34. The highest BCUT2D eigenvalue weighted by molar-refractivity contribution is 5.04. The molecule has 1 heteroatoms. The summed E-state index contributed by atoms with van der Waals surface area (Å²) in [5.74, 6) is 2.71. The van der Waals surface area contributed by atoms with Gasteiger partial charge in [0, 0.05) is 5.54 Å². The Morgan fingerprint density at radius 1 is 1.36 bits per heavy atom. The second kappa shape index (κ2) is 3.84. The third-order valence-electron chi connectivity index (χ3n) is 4.45. The smallest absolute Gasteiger partial charge is 0.0185 e. The van der Waals surface area contributed by atoms with E-state index in [-0.39, 0.29) is 5.54 Å². The molecule has 0 spiro atoms. The molecule has 0 amide bonds. The summed E-state index contributed by atoms with van der Waals surface area (Å²) >= 11 is 0. The molecule has 0 radical (unpaired) electrons. The first kappa shape index (κ1) is 10.5. The van der Waals surface area contributed by atoms with E-state index in [9.17, 15) is 0 Å². The van der Waals surface area contributed by atoms with E-state index >= 15 is 0 Å². The number of hydrogen-bond acceptors (Lipinski definition) is 1. The highest BCUT2D eigenvalue weighted by atomic mass is 14.8. The van der Waals surface area contributed by atoms with Gasteiger partial charge in [0.05, 0.1) is 0 Å². The Morgan fingerprint density at radius 2 is 2.14 bits per heavy atom. The zero-order chi connectivity index (χ0) is 10.2. The van der Waals surface area contributed by atoms with Crippen molar-refractivity contribution in [2.24, 2.45) is 23.5 Å². The fourth-order valence-corrected chi connectivity index (χ4v) is 3.63. The SMILES string of the molecule is CC(C)CCCC1(N)CC2CCC1C2. The molecule has 2 fully saturated rings. The zero-order valence-electron chi connectivity index (χ0n) is 9.76. The predicted molar refractivity (Wildman–Crippen MR) is 61.1 cm³/mol. The molecule has 0 heterocycles. The van der Waals surface area contributed by atoms with Crippen LogP contribution in [-0.4, -0.2) is 5.54 Å². The Kier molecular flexibility index (Phi) is 2.88. The summed E-state index contributed by atoms with van der Waals surface area (Å²) in [7, 11) is 0. The van der Waals surface area contributed by atoms with Gasteiger partial charge in [0.15, 0.2) is 0 Å². The van der Waals surface area contributed by atoms with E-state index in [0.717, 1.165) is 17.8 Å². The molecular formula is C13H25N. The van der Waals surface area contributed by atoms with Crippen LogP contribution in [0.1, 0.15) is 58.8 Å². The molecule has 2 bridgehead atoms. The monoisotopic (exact) mass is 195 g/mol. The van der Waals surface area contributed by atoms with E-state index in [0.29, 0.717) is 0 Å². The van der Waals surface area contributed by atoms with Gasteiger partial charge in [0.25, 0.3) is 0 Å². The molecule has 0 aromatic heterocycles. The lowest BCUT2D eigenvalue weighted by molar-refractivity contribution is 0.243. The van der Waals surface area contributed by atoms with Crippen LogP contribution in [0.3, 0.4) is 0 Å². The average Bonchev–Trinajstić information content (AvgIpc) is 2.62. The van der Waals surface area contributed by atoms with E-state index in [1.165, 1.54) is 44.9 Å². The van der Waals surface area contributed by atoms with Crippen molar-refractivity contribution in [3.8, 4) is 0 Å². The van der Waals surface area contributed by atoms with E-state index in [4.69, 9.17) is 5.73 Å². The van der Waals surface area contributed by atoms with Gasteiger partial charge in [-0.25, -0.2) is 0 Å². The second-order valence-electron chi connectivity index (χ2n) is 6.10. The summed E-state index contributed by atoms with van der Waals surface area (Å²) in [5.41, 5.74) is 6.78. The molecule has 82 valence electrons. The Hall–Kier alpha value is -0.0400. The predicted octanol–water partition coefficient (Wildman–Crippen LogP) is 3.33. The first-order valence-corrected chi connectivity index (χ1v) is 6.39. The number of fused-ring (bicyclic) bond motifs is 2. The van der Waals surface area contributed by atoms with Crippen molar-refractivity contribution in [2.45, 2.75) is 64.3 Å². The van der Waals surface area contributed by atoms with Crippen molar-refractivity contribution in [3.63, 3.8) is 0 Å². The number of rotatable bonds is 4. The summed E-state index contributed by atoms with van der Waals surface area (Å²) in [6, 6.07) is 0. The van der Waals surface area contributed by atoms with Gasteiger partial charge < -0.3 is 5.73 Å². The fraction of sp³-hybridized carbons (Fsp3) is 1.00. The van der Waals surface area contributed by atoms with Gasteiger partial charge in [0.1, 0.15) is 0 Å². The first-order chi connectivity index (χ1) is 6.60. The van der Waals surface area contributed by atoms with Crippen LogP contribution in [0, 0.1) is 17.8 Å². The van der Waals surface area contributed by atoms with Crippen LogP contribution >= 0.6 is 0 Å². The lowest BCUT2D eigenvalue weighted by atomic mass is 9.78. The Bertz CT molecular complexity index is 199. The van der Waals surface area contributed by atoms with Crippen LogP contribution in [0.2, 0.25) is 0 Å². The summed E-state index contributed by atoms with van der Waals surface area (Å²) in [4.78, 5) is 0. The maximum absolute atomic E-state index is 6.53. The molecule has 2 N–H and O–H groups in total. The van der Waals surface area contributed by atoms with Crippen LogP contribution < -0.4 is 5.73 Å². The Balaban J connectivity index is 1.79. The largest absolute Gasteiger partial charge is 0.325 e. The van der Waals surface area contributed by atoms with Crippen molar-refractivity contribution < 1.29 is 0 Å². The molecule has 14 heavy (non-hydrogen) atoms. The summed E-state index contributed by atoms with van der Waals surface area (Å²) < 4.78 is 0. The van der Waals surface area contributed by atoms with Gasteiger partial charge in [-0.05, 0) is 43.4 Å². The van der Waals surface area contributed by atoms with E-state index < -0.39 is 0 Å². The molecule has 0 aromatic rings. The number of nitrogens with two attached hydrogens (primary N) is 1. The van der Waals surface area contributed by atoms with Crippen LogP contribution in [0.25, 0.3) is 0 Å². The average molecular weight is 195 g/mol. The molecule has 2 rings (SSSR count). The van der Waals surface area contributed by atoms with Crippen molar-refractivity contribution in [1.82, 2.24) is 0 Å². The Morgan fingerprint density at radius 3 is 2.64 bits per heavy atom. The van der Waals surface area contributed by atoms with E-state index in [2.05, 4.69) is 13.8 Å². The number of hydrogen-bond donors (Lipinski definition) is 1. The molecule has 1 nitrogen and oxygen atoms in total. The second-order valence-corrected chi connectivity index (χ2v) is 6.10. The van der Waals surface area contributed by atoms with E-state index in [1.807, 2.05) is 0 Å². The summed E-state index contributed by atoms with van der Waals surface area (Å²) in [6.45, 7) is 4.62. The molecule has 2 aliphatic carbocycles. The van der Waals surface area contributed by atoms with Crippen molar-refractivity contribution in [2.75, 3.05) is 0 Å². The maximum atomic E-state index is 6.53. The topological polar surface area (TPSA) is 26.0 Å². The van der Waals surface area contributed by atoms with Crippen LogP contribution in [0.4, 0.5) is 0 Å². The normalized spacial score (nSPS) is 41.1. The highest BCUT2D eigenvalue weighted by Gasteiger charge is 2.47. The highest BCUT2D eigenvalue weighted by Crippen LogP contribution is 2.51. The van der Waals surface area contributed by atoms with Gasteiger partial charge in [-0.3, -0.25) is 0 Å². The van der Waals surface area contributed by atoms with Crippen LogP contribution in [0.5, 0.6) is 0 Å². The van der Waals surface area contributed by atoms with Gasteiger partial charge in [-0.1, -0.05) is 33.1 Å². The van der Waals surface area contributed by atoms with Crippen molar-refractivity contribution >= 4 is 0 Å². The third-order valence-corrected chi connectivity index (χ3v) is 4.45. The fourth-order valence-electron chi connectivity index (χ4n) is 3.63. The lowest BCUT2D eigenvalue weighted by Crippen LogP contribution is -2.44. The minimum Gasteiger partial charge on any atom is -0.325 e. The first-order valence-electron chi connectivity index (χ1n) is 6.39. The van der Waals surface area contributed by atoms with Crippen LogP contribution in [-0.2, 0) is 0 Å². The quantitative estimate of drug-likeness (QED) is 0.731. The minimum atomic E-state index is 0.248. The summed E-state index contributed by atoms with van der Waals surface area (Å²) in [6.07, 6.45) is 9.64. The van der Waals surface area contributed by atoms with Crippen molar-refractivity contribution in [3.05, 3.63) is 0 Å². The standard InChI is InChI=1S/C13H25N/c1-10(2)4-3-7-13(14)9-11-5-6-12(13)8-11/h10-12H,3-9,14H2,1-2H3. The third kappa shape index (κ3) is 1.98.